The normalized spacial score (nSPS) is 12.6. The fraction of sp³-hybridized carbons (Fsp3) is 0.938. The molecular weight excluding hydrogens is 222 g/mol. The second-order valence-electron chi connectivity index (χ2n) is 5.48. The summed E-state index contributed by atoms with van der Waals surface area (Å²) in [5, 5.41) is 0. The summed E-state index contributed by atoms with van der Waals surface area (Å²) in [4.78, 5) is 11.7. The van der Waals surface area contributed by atoms with E-state index in [2.05, 4.69) is 13.8 Å². The van der Waals surface area contributed by atoms with E-state index in [1.807, 2.05) is 0 Å². The number of nitrogens with two attached hydrogens (primary N) is 1. The van der Waals surface area contributed by atoms with Crippen molar-refractivity contribution in [2.75, 3.05) is 6.54 Å². The first-order chi connectivity index (χ1) is 8.74. The van der Waals surface area contributed by atoms with E-state index in [9.17, 15) is 4.79 Å². The van der Waals surface area contributed by atoms with E-state index >= 15 is 0 Å². The number of carbonyl (C=O) groups is 1. The number of unbranched alkanes of at least 4 members (excludes halogenated alkanes) is 7. The minimum absolute atomic E-state index is 0.409. The van der Waals surface area contributed by atoms with Gasteiger partial charge in [0.2, 0.25) is 0 Å². The highest BCUT2D eigenvalue weighted by Gasteiger charge is 2.09. The molecule has 1 atom stereocenters. The van der Waals surface area contributed by atoms with Gasteiger partial charge in [-0.25, -0.2) is 0 Å². The SMILES string of the molecule is CCCCCCCCCCC(=O)CC(CC)CN. The Balaban J connectivity index is 3.30. The predicted molar refractivity (Wildman–Crippen MR) is 79.7 cm³/mol. The zero-order chi connectivity index (χ0) is 13.6. The smallest absolute Gasteiger partial charge is 0.133 e. The van der Waals surface area contributed by atoms with Gasteiger partial charge in [-0.2, -0.15) is 0 Å². The molecule has 0 aliphatic heterocycles. The Morgan fingerprint density at radius 1 is 0.944 bits per heavy atom. The maximum absolute atomic E-state index is 11.7. The van der Waals surface area contributed by atoms with Crippen LogP contribution in [0.15, 0.2) is 0 Å². The Morgan fingerprint density at radius 2 is 1.50 bits per heavy atom. The molecule has 0 aromatic rings. The molecular formula is C16H33NO. The number of Topliss-reactive ketones (excluding diaryl/α,β-unsaturated/α-hetero) is 1. The van der Waals surface area contributed by atoms with Crippen molar-refractivity contribution in [2.45, 2.75) is 84.5 Å². The predicted octanol–water partition coefficient (Wildman–Crippen LogP) is 4.46. The van der Waals surface area contributed by atoms with E-state index in [1.54, 1.807) is 0 Å². The maximum atomic E-state index is 11.7. The first-order valence-corrected chi connectivity index (χ1v) is 7.96. The van der Waals surface area contributed by atoms with Crippen LogP contribution < -0.4 is 5.73 Å². The third-order valence-electron chi connectivity index (χ3n) is 3.74. The molecule has 2 nitrogen and oxygen atoms in total. The van der Waals surface area contributed by atoms with E-state index < -0.39 is 0 Å². The third-order valence-corrected chi connectivity index (χ3v) is 3.74. The van der Waals surface area contributed by atoms with Crippen LogP contribution in [0.4, 0.5) is 0 Å². The van der Waals surface area contributed by atoms with Crippen molar-refractivity contribution in [3.05, 3.63) is 0 Å². The van der Waals surface area contributed by atoms with Crippen LogP contribution in [0, 0.1) is 5.92 Å². The summed E-state index contributed by atoms with van der Waals surface area (Å²) in [5.74, 6) is 0.824. The van der Waals surface area contributed by atoms with Crippen molar-refractivity contribution in [3.63, 3.8) is 0 Å². The summed E-state index contributed by atoms with van der Waals surface area (Å²) in [7, 11) is 0. The summed E-state index contributed by atoms with van der Waals surface area (Å²) in [5.41, 5.74) is 5.61. The van der Waals surface area contributed by atoms with Crippen LogP contribution in [0.3, 0.4) is 0 Å². The molecule has 0 aliphatic rings. The van der Waals surface area contributed by atoms with Crippen LogP contribution in [0.25, 0.3) is 0 Å². The van der Waals surface area contributed by atoms with Crippen LogP contribution in [-0.2, 0) is 4.79 Å². The Morgan fingerprint density at radius 3 is 2.00 bits per heavy atom. The zero-order valence-corrected chi connectivity index (χ0v) is 12.5. The maximum Gasteiger partial charge on any atom is 0.133 e. The largest absolute Gasteiger partial charge is 0.330 e. The molecule has 108 valence electrons. The molecule has 0 aliphatic carbocycles. The van der Waals surface area contributed by atoms with Crippen molar-refractivity contribution in [2.24, 2.45) is 11.7 Å². The number of carbonyl (C=O) groups excluding carboxylic acids is 1. The monoisotopic (exact) mass is 255 g/mol. The van der Waals surface area contributed by atoms with E-state index in [0.29, 0.717) is 24.7 Å². The van der Waals surface area contributed by atoms with Gasteiger partial charge in [0, 0.05) is 12.8 Å². The minimum atomic E-state index is 0.409. The molecule has 0 heterocycles. The second-order valence-corrected chi connectivity index (χ2v) is 5.48. The van der Waals surface area contributed by atoms with Crippen molar-refractivity contribution < 1.29 is 4.79 Å². The first kappa shape index (κ1) is 17.6. The van der Waals surface area contributed by atoms with Crippen LogP contribution in [0.2, 0.25) is 0 Å². The molecule has 0 amide bonds. The topological polar surface area (TPSA) is 43.1 Å². The van der Waals surface area contributed by atoms with Gasteiger partial charge in [-0.3, -0.25) is 4.79 Å². The van der Waals surface area contributed by atoms with Crippen molar-refractivity contribution in [1.29, 1.82) is 0 Å². The number of hydrogen-bond acceptors (Lipinski definition) is 2. The average molecular weight is 255 g/mol. The molecule has 0 bridgehead atoms. The molecule has 0 radical (unpaired) electrons. The lowest BCUT2D eigenvalue weighted by atomic mass is 9.97. The highest BCUT2D eigenvalue weighted by atomic mass is 16.1. The van der Waals surface area contributed by atoms with E-state index in [-0.39, 0.29) is 0 Å². The van der Waals surface area contributed by atoms with Gasteiger partial charge >= 0.3 is 0 Å². The van der Waals surface area contributed by atoms with Gasteiger partial charge < -0.3 is 5.73 Å². The van der Waals surface area contributed by atoms with Crippen LogP contribution in [0.5, 0.6) is 0 Å². The average Bonchev–Trinajstić information content (AvgIpc) is 2.39. The highest BCUT2D eigenvalue weighted by Crippen LogP contribution is 2.13. The second kappa shape index (κ2) is 13.1. The molecule has 2 N–H and O–H groups in total. The zero-order valence-electron chi connectivity index (χ0n) is 12.5. The Hall–Kier alpha value is -0.370. The van der Waals surface area contributed by atoms with Gasteiger partial charge in [0.1, 0.15) is 5.78 Å². The Labute approximate surface area is 114 Å². The van der Waals surface area contributed by atoms with E-state index in [0.717, 1.165) is 19.3 Å². The lowest BCUT2D eigenvalue weighted by molar-refractivity contribution is -0.120. The fourth-order valence-electron chi connectivity index (χ4n) is 2.27. The summed E-state index contributed by atoms with van der Waals surface area (Å²) >= 11 is 0. The number of hydrogen-bond donors (Lipinski definition) is 1. The quantitative estimate of drug-likeness (QED) is 0.494. The molecule has 1 unspecified atom stereocenters. The molecule has 0 saturated carbocycles. The molecule has 0 rings (SSSR count). The fourth-order valence-corrected chi connectivity index (χ4v) is 2.27. The summed E-state index contributed by atoms with van der Waals surface area (Å²) < 4.78 is 0. The van der Waals surface area contributed by atoms with Crippen LogP contribution in [-0.4, -0.2) is 12.3 Å². The molecule has 0 spiro atoms. The number of rotatable bonds is 13. The van der Waals surface area contributed by atoms with Gasteiger partial charge in [0.25, 0.3) is 0 Å². The Kier molecular flexibility index (Phi) is 12.8. The van der Waals surface area contributed by atoms with Crippen molar-refractivity contribution >= 4 is 5.78 Å². The molecule has 0 fully saturated rings. The van der Waals surface area contributed by atoms with Crippen LogP contribution >= 0.6 is 0 Å². The van der Waals surface area contributed by atoms with Gasteiger partial charge in [0.05, 0.1) is 0 Å². The lowest BCUT2D eigenvalue weighted by Gasteiger charge is -2.10. The van der Waals surface area contributed by atoms with E-state index in [4.69, 9.17) is 5.73 Å². The summed E-state index contributed by atoms with van der Waals surface area (Å²) in [6.45, 7) is 5.01. The molecule has 2 heteroatoms. The van der Waals surface area contributed by atoms with E-state index in [1.165, 1.54) is 44.9 Å². The standard InChI is InChI=1S/C16H33NO/c1-3-5-6-7-8-9-10-11-12-16(18)13-15(4-2)14-17/h15H,3-14,17H2,1-2H3. The van der Waals surface area contributed by atoms with Gasteiger partial charge in [0.15, 0.2) is 0 Å². The summed E-state index contributed by atoms with van der Waals surface area (Å²) in [6, 6.07) is 0. The minimum Gasteiger partial charge on any atom is -0.330 e. The summed E-state index contributed by atoms with van der Waals surface area (Å²) in [6.07, 6.45) is 12.9. The van der Waals surface area contributed by atoms with Crippen LogP contribution in [0.1, 0.15) is 84.5 Å². The van der Waals surface area contributed by atoms with Crippen molar-refractivity contribution in [3.8, 4) is 0 Å². The molecule has 18 heavy (non-hydrogen) atoms. The van der Waals surface area contributed by atoms with Gasteiger partial charge in [-0.1, -0.05) is 65.2 Å². The van der Waals surface area contributed by atoms with Gasteiger partial charge in [-0.15, -0.1) is 0 Å². The Bertz CT molecular complexity index is 188. The molecule has 0 aromatic heterocycles. The molecule has 0 saturated heterocycles. The third kappa shape index (κ3) is 10.8. The highest BCUT2D eigenvalue weighted by molar-refractivity contribution is 5.78. The first-order valence-electron chi connectivity index (χ1n) is 7.96. The van der Waals surface area contributed by atoms with Gasteiger partial charge in [-0.05, 0) is 18.9 Å². The lowest BCUT2D eigenvalue weighted by Crippen LogP contribution is -2.17. The molecule has 0 aromatic carbocycles. The van der Waals surface area contributed by atoms with Crippen molar-refractivity contribution in [1.82, 2.24) is 0 Å². The number of ketones is 1.